The van der Waals surface area contributed by atoms with Gasteiger partial charge in [0.1, 0.15) is 11.5 Å². The summed E-state index contributed by atoms with van der Waals surface area (Å²) in [5, 5.41) is 8.81. The molecule has 0 unspecified atom stereocenters. The van der Waals surface area contributed by atoms with Crippen LogP contribution in [-0.2, 0) is 6.18 Å². The normalized spacial score (nSPS) is 11.5. The van der Waals surface area contributed by atoms with Gasteiger partial charge in [0.15, 0.2) is 11.5 Å². The lowest BCUT2D eigenvalue weighted by Gasteiger charge is -2.10. The molecule has 9 heteroatoms. The first-order valence-corrected chi connectivity index (χ1v) is 5.67. The molecular weight excluding hydrogens is 311 g/mol. The first kappa shape index (κ1) is 15.7. The standard InChI is InChI=1S/C13H7F5N2O2/c14-7-3-5(1-2-6(7)13(16,17)18)11-10(15)8(19)4-9(20-11)12(21)22/h1-4H,(H2,19,20)(H,21,22). The maximum Gasteiger partial charge on any atom is 0.419 e. The number of carboxylic acids is 1. The van der Waals surface area contributed by atoms with Gasteiger partial charge >= 0.3 is 12.1 Å². The van der Waals surface area contributed by atoms with Crippen molar-refractivity contribution < 1.29 is 31.9 Å². The van der Waals surface area contributed by atoms with Gasteiger partial charge in [-0.1, -0.05) is 6.07 Å². The fraction of sp³-hybridized carbons (Fsp3) is 0.0769. The highest BCUT2D eigenvalue weighted by Gasteiger charge is 2.34. The number of rotatable bonds is 2. The van der Waals surface area contributed by atoms with Crippen LogP contribution < -0.4 is 5.73 Å². The Morgan fingerprint density at radius 3 is 2.32 bits per heavy atom. The van der Waals surface area contributed by atoms with E-state index >= 15 is 0 Å². The van der Waals surface area contributed by atoms with Gasteiger partial charge in [0.05, 0.1) is 11.3 Å². The molecular formula is C13H7F5N2O2. The van der Waals surface area contributed by atoms with Crippen LogP contribution in [0.2, 0.25) is 0 Å². The second-order valence-electron chi connectivity index (χ2n) is 4.26. The Morgan fingerprint density at radius 1 is 1.18 bits per heavy atom. The quantitative estimate of drug-likeness (QED) is 0.833. The van der Waals surface area contributed by atoms with E-state index in [1.165, 1.54) is 0 Å². The number of nitrogen functional groups attached to an aromatic ring is 1. The van der Waals surface area contributed by atoms with Gasteiger partial charge in [-0.15, -0.1) is 0 Å². The van der Waals surface area contributed by atoms with Crippen LogP contribution >= 0.6 is 0 Å². The molecule has 0 aliphatic heterocycles. The molecule has 0 saturated carbocycles. The summed E-state index contributed by atoms with van der Waals surface area (Å²) in [4.78, 5) is 14.3. The Kier molecular flexibility index (Phi) is 3.74. The highest BCUT2D eigenvalue weighted by Crippen LogP contribution is 2.34. The molecule has 1 aromatic carbocycles. The summed E-state index contributed by atoms with van der Waals surface area (Å²) in [6.07, 6.45) is -4.91. The molecule has 0 saturated heterocycles. The van der Waals surface area contributed by atoms with E-state index in [1.54, 1.807) is 0 Å². The van der Waals surface area contributed by atoms with E-state index in [-0.39, 0.29) is 5.56 Å². The predicted molar refractivity (Wildman–Crippen MR) is 66.0 cm³/mol. The van der Waals surface area contributed by atoms with Gasteiger partial charge in [0.25, 0.3) is 0 Å². The molecule has 116 valence electrons. The number of aromatic carboxylic acids is 1. The van der Waals surface area contributed by atoms with Crippen LogP contribution in [0.5, 0.6) is 0 Å². The lowest BCUT2D eigenvalue weighted by atomic mass is 10.1. The minimum Gasteiger partial charge on any atom is -0.477 e. The third kappa shape index (κ3) is 2.83. The Morgan fingerprint density at radius 2 is 1.82 bits per heavy atom. The minimum atomic E-state index is -4.91. The zero-order valence-corrected chi connectivity index (χ0v) is 10.6. The lowest BCUT2D eigenvalue weighted by molar-refractivity contribution is -0.139. The first-order chi connectivity index (χ1) is 10.1. The number of alkyl halides is 3. The maximum absolute atomic E-state index is 13.9. The number of benzene rings is 1. The molecule has 0 radical (unpaired) electrons. The lowest BCUT2D eigenvalue weighted by Crippen LogP contribution is -2.09. The molecule has 2 rings (SSSR count). The smallest absolute Gasteiger partial charge is 0.419 e. The predicted octanol–water partition coefficient (Wildman–Crippen LogP) is 3.33. The van der Waals surface area contributed by atoms with Crippen molar-refractivity contribution in [2.24, 2.45) is 0 Å². The van der Waals surface area contributed by atoms with Gasteiger partial charge in [-0.25, -0.2) is 18.6 Å². The van der Waals surface area contributed by atoms with Crippen LogP contribution in [0.4, 0.5) is 27.6 Å². The summed E-state index contributed by atoms with van der Waals surface area (Å²) in [7, 11) is 0. The SMILES string of the molecule is Nc1cc(C(=O)O)nc(-c2ccc(C(F)(F)F)c(F)c2)c1F. The van der Waals surface area contributed by atoms with Gasteiger partial charge in [0, 0.05) is 5.56 Å². The third-order valence-corrected chi connectivity index (χ3v) is 2.75. The molecule has 0 aliphatic rings. The average molecular weight is 318 g/mol. The fourth-order valence-electron chi connectivity index (χ4n) is 1.74. The summed E-state index contributed by atoms with van der Waals surface area (Å²) >= 11 is 0. The second kappa shape index (κ2) is 5.24. The molecule has 22 heavy (non-hydrogen) atoms. The largest absolute Gasteiger partial charge is 0.477 e. The number of aromatic nitrogens is 1. The summed E-state index contributed by atoms with van der Waals surface area (Å²) < 4.78 is 64.8. The molecule has 1 heterocycles. The summed E-state index contributed by atoms with van der Waals surface area (Å²) in [5.74, 6) is -4.30. The van der Waals surface area contributed by atoms with Crippen LogP contribution in [0, 0.1) is 11.6 Å². The summed E-state index contributed by atoms with van der Waals surface area (Å²) in [5.41, 5.74) is 1.56. The Labute approximate surface area is 120 Å². The molecule has 0 aliphatic carbocycles. The van der Waals surface area contributed by atoms with Crippen molar-refractivity contribution in [1.29, 1.82) is 0 Å². The van der Waals surface area contributed by atoms with Crippen LogP contribution in [0.15, 0.2) is 24.3 Å². The van der Waals surface area contributed by atoms with E-state index in [2.05, 4.69) is 4.98 Å². The van der Waals surface area contributed by atoms with Crippen molar-refractivity contribution >= 4 is 11.7 Å². The number of nitrogens with zero attached hydrogens (tertiary/aromatic N) is 1. The van der Waals surface area contributed by atoms with E-state index < -0.39 is 46.4 Å². The second-order valence-corrected chi connectivity index (χ2v) is 4.26. The van der Waals surface area contributed by atoms with E-state index in [0.717, 1.165) is 12.1 Å². The van der Waals surface area contributed by atoms with Crippen molar-refractivity contribution in [3.63, 3.8) is 0 Å². The molecule has 0 fully saturated rings. The van der Waals surface area contributed by atoms with Crippen molar-refractivity contribution in [1.82, 2.24) is 4.98 Å². The number of nitrogens with two attached hydrogens (primary N) is 1. The molecule has 0 bridgehead atoms. The Bertz CT molecular complexity index is 759. The monoisotopic (exact) mass is 318 g/mol. The molecule has 1 aromatic heterocycles. The number of halogens is 5. The third-order valence-electron chi connectivity index (χ3n) is 2.75. The van der Waals surface area contributed by atoms with Gasteiger partial charge in [-0.05, 0) is 18.2 Å². The van der Waals surface area contributed by atoms with Crippen molar-refractivity contribution in [2.75, 3.05) is 5.73 Å². The summed E-state index contributed by atoms with van der Waals surface area (Å²) in [6.45, 7) is 0. The van der Waals surface area contributed by atoms with Gasteiger partial charge in [-0.3, -0.25) is 0 Å². The Balaban J connectivity index is 2.62. The number of anilines is 1. The molecule has 0 amide bonds. The number of hydrogen-bond acceptors (Lipinski definition) is 3. The molecule has 2 aromatic rings. The molecule has 4 nitrogen and oxygen atoms in total. The zero-order chi connectivity index (χ0) is 16.7. The highest BCUT2D eigenvalue weighted by molar-refractivity contribution is 5.87. The highest BCUT2D eigenvalue weighted by atomic mass is 19.4. The van der Waals surface area contributed by atoms with Gasteiger partial charge in [-0.2, -0.15) is 13.2 Å². The number of pyridine rings is 1. The van der Waals surface area contributed by atoms with E-state index in [0.29, 0.717) is 12.1 Å². The Hall–Kier alpha value is -2.71. The van der Waals surface area contributed by atoms with Gasteiger partial charge < -0.3 is 10.8 Å². The van der Waals surface area contributed by atoms with Crippen molar-refractivity contribution in [2.45, 2.75) is 6.18 Å². The maximum atomic E-state index is 13.9. The van der Waals surface area contributed by atoms with Crippen LogP contribution in [0.3, 0.4) is 0 Å². The molecule has 0 atom stereocenters. The van der Waals surface area contributed by atoms with E-state index in [1.807, 2.05) is 0 Å². The number of carboxylic acid groups (broad SMARTS) is 1. The first-order valence-electron chi connectivity index (χ1n) is 5.67. The average Bonchev–Trinajstić information content (AvgIpc) is 2.39. The van der Waals surface area contributed by atoms with E-state index in [4.69, 9.17) is 10.8 Å². The van der Waals surface area contributed by atoms with Crippen molar-refractivity contribution in [3.05, 3.63) is 47.2 Å². The van der Waals surface area contributed by atoms with Crippen LogP contribution in [0.25, 0.3) is 11.3 Å². The van der Waals surface area contributed by atoms with Gasteiger partial charge in [0.2, 0.25) is 0 Å². The van der Waals surface area contributed by atoms with Crippen LogP contribution in [-0.4, -0.2) is 16.1 Å². The topological polar surface area (TPSA) is 76.2 Å². The van der Waals surface area contributed by atoms with Crippen LogP contribution in [0.1, 0.15) is 16.1 Å². The van der Waals surface area contributed by atoms with Crippen molar-refractivity contribution in [3.8, 4) is 11.3 Å². The fourth-order valence-corrected chi connectivity index (χ4v) is 1.74. The zero-order valence-electron chi connectivity index (χ0n) is 10.6. The summed E-state index contributed by atoms with van der Waals surface area (Å²) in [6, 6.07) is 2.36. The molecule has 3 N–H and O–H groups in total. The van der Waals surface area contributed by atoms with E-state index in [9.17, 15) is 26.7 Å². The minimum absolute atomic E-state index is 0.363. The number of carbonyl (C=O) groups is 1. The molecule has 0 spiro atoms. The number of hydrogen-bond donors (Lipinski definition) is 2.